The minimum Gasteiger partial charge on any atom is -0.267 e. The van der Waals surface area contributed by atoms with Crippen LogP contribution in [0.1, 0.15) is 27.2 Å². The van der Waals surface area contributed by atoms with Crippen molar-refractivity contribution in [1.29, 1.82) is 0 Å². The molecule has 0 aliphatic rings. The number of hydrogen-bond donors (Lipinski definition) is 0. The molecule has 0 bridgehead atoms. The smallest absolute Gasteiger partial charge is 0.0328 e. The summed E-state index contributed by atoms with van der Waals surface area (Å²) in [5.74, 6) is 0. The van der Waals surface area contributed by atoms with Crippen LogP contribution >= 0.6 is 0 Å². The Kier molecular flexibility index (Phi) is 4.23. The van der Waals surface area contributed by atoms with Crippen molar-refractivity contribution in [2.45, 2.75) is 27.2 Å². The lowest BCUT2D eigenvalue weighted by atomic mass is 10.4. The summed E-state index contributed by atoms with van der Waals surface area (Å²) in [5, 5.41) is 0. The average molecular weight is 111 g/mol. The summed E-state index contributed by atoms with van der Waals surface area (Å²) in [6.07, 6.45) is 4.98. The molecule has 0 aromatic carbocycles. The molecule has 0 atom stereocenters. The molecule has 0 unspecified atom stereocenters. The molecule has 0 radical (unpaired) electrons. The second-order valence-electron chi connectivity index (χ2n) is 1.64. The first-order valence-corrected chi connectivity index (χ1v) is 2.96. The van der Waals surface area contributed by atoms with Crippen LogP contribution in [-0.4, -0.2) is 6.21 Å². The maximum Gasteiger partial charge on any atom is 0.0328 e. The molecule has 0 amide bonds. The van der Waals surface area contributed by atoms with E-state index in [4.69, 9.17) is 0 Å². The van der Waals surface area contributed by atoms with E-state index in [-0.39, 0.29) is 0 Å². The molecule has 0 saturated carbocycles. The van der Waals surface area contributed by atoms with E-state index in [9.17, 15) is 0 Å². The Morgan fingerprint density at radius 2 is 2.25 bits per heavy atom. The van der Waals surface area contributed by atoms with Crippen LogP contribution in [0.25, 0.3) is 0 Å². The minimum absolute atomic E-state index is 1.07. The Labute approximate surface area is 51.1 Å². The Bertz CT molecular complexity index is 101. The lowest BCUT2D eigenvalue weighted by Gasteiger charge is -1.85. The molecule has 0 aliphatic carbocycles. The van der Waals surface area contributed by atoms with Crippen LogP contribution in [0.4, 0.5) is 0 Å². The number of nitrogens with zero attached hydrogens (tertiary/aromatic N) is 1. The summed E-state index contributed by atoms with van der Waals surface area (Å²) < 4.78 is 0. The molecular formula is C7H13N. The minimum atomic E-state index is 1.07. The molecule has 46 valence electrons. The lowest BCUT2D eigenvalue weighted by Crippen LogP contribution is -1.67. The second-order valence-corrected chi connectivity index (χ2v) is 1.64. The molecule has 0 aromatic heterocycles. The fourth-order valence-electron chi connectivity index (χ4n) is 0.552. The van der Waals surface area contributed by atoms with Crippen LogP contribution in [0.3, 0.4) is 0 Å². The van der Waals surface area contributed by atoms with Crippen LogP contribution in [0.2, 0.25) is 0 Å². The average Bonchev–Trinajstić information content (AvgIpc) is 1.68. The lowest BCUT2D eigenvalue weighted by molar-refractivity contribution is 1.16. The van der Waals surface area contributed by atoms with Crippen molar-refractivity contribution in [3.63, 3.8) is 0 Å². The molecule has 0 heterocycles. The predicted molar refractivity (Wildman–Crippen MR) is 38.2 cm³/mol. The molecule has 8 heavy (non-hydrogen) atoms. The van der Waals surface area contributed by atoms with Gasteiger partial charge in [0.15, 0.2) is 0 Å². The summed E-state index contributed by atoms with van der Waals surface area (Å²) >= 11 is 0. The molecule has 0 N–H and O–H groups in total. The van der Waals surface area contributed by atoms with E-state index in [1.807, 2.05) is 20.1 Å². The highest BCUT2D eigenvalue weighted by atomic mass is 14.7. The van der Waals surface area contributed by atoms with E-state index >= 15 is 0 Å². The van der Waals surface area contributed by atoms with Gasteiger partial charge in [0.1, 0.15) is 0 Å². The van der Waals surface area contributed by atoms with Gasteiger partial charge in [0, 0.05) is 11.9 Å². The first kappa shape index (κ1) is 7.41. The number of allylic oxidation sites excluding steroid dienone is 2. The Morgan fingerprint density at radius 1 is 1.62 bits per heavy atom. The van der Waals surface area contributed by atoms with Crippen LogP contribution in [0.5, 0.6) is 0 Å². The van der Waals surface area contributed by atoms with Crippen LogP contribution in [0.15, 0.2) is 16.8 Å². The quantitative estimate of drug-likeness (QED) is 0.485. The SMILES string of the molecule is CC=NC(C)=CCC. The standard InChI is InChI=1S/C7H13N/c1-4-6-7(3)8-5-2/h5-6H,4H2,1-3H3. The van der Waals surface area contributed by atoms with Gasteiger partial charge in [-0.3, -0.25) is 4.99 Å². The van der Waals surface area contributed by atoms with E-state index in [1.54, 1.807) is 0 Å². The van der Waals surface area contributed by atoms with Gasteiger partial charge in [0.2, 0.25) is 0 Å². The van der Waals surface area contributed by atoms with E-state index in [1.165, 1.54) is 0 Å². The van der Waals surface area contributed by atoms with Crippen molar-refractivity contribution < 1.29 is 0 Å². The topological polar surface area (TPSA) is 12.4 Å². The fourth-order valence-corrected chi connectivity index (χ4v) is 0.552. The maximum absolute atomic E-state index is 4.05. The third kappa shape index (κ3) is 3.59. The fraction of sp³-hybridized carbons (Fsp3) is 0.571. The molecule has 0 aromatic rings. The maximum atomic E-state index is 4.05. The zero-order chi connectivity index (χ0) is 6.41. The third-order valence-corrected chi connectivity index (χ3v) is 0.832. The first-order valence-electron chi connectivity index (χ1n) is 2.96. The highest BCUT2D eigenvalue weighted by Crippen LogP contribution is 1.93. The Morgan fingerprint density at radius 3 is 2.62 bits per heavy atom. The van der Waals surface area contributed by atoms with Crippen molar-refractivity contribution >= 4 is 6.21 Å². The predicted octanol–water partition coefficient (Wildman–Crippen LogP) is 2.39. The molecule has 0 spiro atoms. The van der Waals surface area contributed by atoms with Gasteiger partial charge < -0.3 is 0 Å². The van der Waals surface area contributed by atoms with Gasteiger partial charge in [-0.25, -0.2) is 0 Å². The van der Waals surface area contributed by atoms with Crippen molar-refractivity contribution in [2.24, 2.45) is 4.99 Å². The van der Waals surface area contributed by atoms with Crippen LogP contribution in [-0.2, 0) is 0 Å². The molecule has 0 rings (SSSR count). The summed E-state index contributed by atoms with van der Waals surface area (Å²) in [7, 11) is 0. The van der Waals surface area contributed by atoms with E-state index in [2.05, 4.69) is 18.0 Å². The molecule has 1 nitrogen and oxygen atoms in total. The van der Waals surface area contributed by atoms with E-state index < -0.39 is 0 Å². The highest BCUT2D eigenvalue weighted by molar-refractivity contribution is 5.55. The third-order valence-electron chi connectivity index (χ3n) is 0.832. The number of aliphatic imine (C=N–C) groups is 1. The highest BCUT2D eigenvalue weighted by Gasteiger charge is 1.74. The molecule has 0 saturated heterocycles. The zero-order valence-corrected chi connectivity index (χ0v) is 5.81. The van der Waals surface area contributed by atoms with Crippen LogP contribution in [0, 0.1) is 0 Å². The van der Waals surface area contributed by atoms with Crippen molar-refractivity contribution in [3.05, 3.63) is 11.8 Å². The van der Waals surface area contributed by atoms with Gasteiger partial charge in [0.05, 0.1) is 0 Å². The van der Waals surface area contributed by atoms with Crippen molar-refractivity contribution in [1.82, 2.24) is 0 Å². The summed E-state index contributed by atoms with van der Waals surface area (Å²) in [6, 6.07) is 0. The normalized spacial score (nSPS) is 13.1. The van der Waals surface area contributed by atoms with Gasteiger partial charge >= 0.3 is 0 Å². The monoisotopic (exact) mass is 111 g/mol. The summed E-state index contributed by atoms with van der Waals surface area (Å²) in [6.45, 7) is 6.03. The van der Waals surface area contributed by atoms with Crippen molar-refractivity contribution in [3.8, 4) is 0 Å². The zero-order valence-electron chi connectivity index (χ0n) is 5.81. The van der Waals surface area contributed by atoms with E-state index in [0.29, 0.717) is 0 Å². The second kappa shape index (κ2) is 4.57. The first-order chi connectivity index (χ1) is 3.81. The Hall–Kier alpha value is -0.590. The van der Waals surface area contributed by atoms with Crippen LogP contribution < -0.4 is 0 Å². The molecule has 0 fully saturated rings. The Balaban J connectivity index is 3.61. The van der Waals surface area contributed by atoms with Crippen molar-refractivity contribution in [2.75, 3.05) is 0 Å². The molecule has 0 aliphatic heterocycles. The van der Waals surface area contributed by atoms with E-state index in [0.717, 1.165) is 12.1 Å². The molecular weight excluding hydrogens is 98.1 g/mol. The largest absolute Gasteiger partial charge is 0.267 e. The number of rotatable bonds is 2. The molecule has 1 heteroatoms. The number of hydrogen-bond acceptors (Lipinski definition) is 1. The van der Waals surface area contributed by atoms with Gasteiger partial charge in [-0.15, -0.1) is 0 Å². The summed E-state index contributed by atoms with van der Waals surface area (Å²) in [4.78, 5) is 4.05. The van der Waals surface area contributed by atoms with Gasteiger partial charge in [-0.2, -0.15) is 0 Å². The van der Waals surface area contributed by atoms with Gasteiger partial charge in [0.25, 0.3) is 0 Å². The van der Waals surface area contributed by atoms with Gasteiger partial charge in [-0.1, -0.05) is 13.0 Å². The van der Waals surface area contributed by atoms with Gasteiger partial charge in [-0.05, 0) is 20.3 Å². The summed E-state index contributed by atoms with van der Waals surface area (Å²) in [5.41, 5.74) is 1.11.